The van der Waals surface area contributed by atoms with Crippen molar-refractivity contribution in [3.8, 4) is 5.75 Å². The van der Waals surface area contributed by atoms with Crippen molar-refractivity contribution in [3.05, 3.63) is 29.8 Å². The van der Waals surface area contributed by atoms with Crippen LogP contribution in [0.15, 0.2) is 24.3 Å². The average molecular weight is 204 g/mol. The average Bonchev–Trinajstić information content (AvgIpc) is 2.98. The number of hydrogen-bond acceptors (Lipinski definition) is 2. The summed E-state index contributed by atoms with van der Waals surface area (Å²) >= 11 is 0. The molecule has 15 heavy (non-hydrogen) atoms. The molecular formula is C12H12O3. The summed E-state index contributed by atoms with van der Waals surface area (Å²) in [5, 5.41) is 9.11. The van der Waals surface area contributed by atoms with Crippen molar-refractivity contribution in [2.75, 3.05) is 0 Å². The van der Waals surface area contributed by atoms with Gasteiger partial charge in [0.15, 0.2) is 0 Å². The zero-order valence-corrected chi connectivity index (χ0v) is 8.22. The summed E-state index contributed by atoms with van der Waals surface area (Å²) < 4.78 is 5.48. The molecule has 0 radical (unpaired) electrons. The number of hydrogen-bond donors (Lipinski definition) is 1. The SMILES string of the molecule is O=C(O)[C@H]1Oc2ccccc2[C@H]1C1CC1. The molecule has 0 amide bonds. The number of aliphatic carboxylic acids is 1. The Labute approximate surface area is 87.7 Å². The Morgan fingerprint density at radius 3 is 2.73 bits per heavy atom. The highest BCUT2D eigenvalue weighted by Gasteiger charge is 2.47. The molecule has 1 fully saturated rings. The Morgan fingerprint density at radius 1 is 1.33 bits per heavy atom. The quantitative estimate of drug-likeness (QED) is 0.801. The van der Waals surface area contributed by atoms with Crippen molar-refractivity contribution < 1.29 is 14.6 Å². The first-order valence-corrected chi connectivity index (χ1v) is 5.26. The second-order valence-corrected chi connectivity index (χ2v) is 4.28. The Morgan fingerprint density at radius 2 is 2.07 bits per heavy atom. The lowest BCUT2D eigenvalue weighted by atomic mass is 9.91. The van der Waals surface area contributed by atoms with Crippen LogP contribution in [0.5, 0.6) is 5.75 Å². The number of para-hydroxylation sites is 1. The second kappa shape index (κ2) is 2.99. The van der Waals surface area contributed by atoms with Gasteiger partial charge in [0.05, 0.1) is 0 Å². The van der Waals surface area contributed by atoms with Crippen LogP contribution in [0.25, 0.3) is 0 Å². The normalized spacial score (nSPS) is 28.3. The zero-order valence-electron chi connectivity index (χ0n) is 8.22. The zero-order chi connectivity index (χ0) is 10.4. The van der Waals surface area contributed by atoms with Crippen molar-refractivity contribution in [1.82, 2.24) is 0 Å². The van der Waals surface area contributed by atoms with Crippen LogP contribution in [0.3, 0.4) is 0 Å². The molecule has 0 saturated heterocycles. The van der Waals surface area contributed by atoms with Gasteiger partial charge in [-0.2, -0.15) is 0 Å². The number of fused-ring (bicyclic) bond motifs is 1. The summed E-state index contributed by atoms with van der Waals surface area (Å²) in [5.41, 5.74) is 1.08. The fourth-order valence-electron chi connectivity index (χ4n) is 2.40. The van der Waals surface area contributed by atoms with E-state index in [1.54, 1.807) is 0 Å². The molecule has 1 aromatic carbocycles. The summed E-state index contributed by atoms with van der Waals surface area (Å²) in [4.78, 5) is 11.1. The maximum atomic E-state index is 11.1. The van der Waals surface area contributed by atoms with Gasteiger partial charge in [0.25, 0.3) is 0 Å². The first-order valence-electron chi connectivity index (χ1n) is 5.26. The molecule has 2 aliphatic rings. The number of benzene rings is 1. The van der Waals surface area contributed by atoms with E-state index in [1.807, 2.05) is 24.3 Å². The first kappa shape index (κ1) is 8.77. The van der Waals surface area contributed by atoms with Crippen LogP contribution < -0.4 is 4.74 Å². The molecule has 1 aromatic rings. The molecule has 78 valence electrons. The van der Waals surface area contributed by atoms with E-state index in [2.05, 4.69) is 0 Å². The monoisotopic (exact) mass is 204 g/mol. The van der Waals surface area contributed by atoms with Crippen LogP contribution >= 0.6 is 0 Å². The van der Waals surface area contributed by atoms with Crippen molar-refractivity contribution in [3.63, 3.8) is 0 Å². The number of ether oxygens (including phenoxy) is 1. The first-order chi connectivity index (χ1) is 7.27. The Bertz CT molecular complexity index is 409. The van der Waals surface area contributed by atoms with E-state index in [0.717, 1.165) is 24.2 Å². The van der Waals surface area contributed by atoms with Crippen LogP contribution in [0.4, 0.5) is 0 Å². The molecule has 3 heteroatoms. The minimum atomic E-state index is -0.844. The highest BCUT2D eigenvalue weighted by Crippen LogP contribution is 2.51. The predicted octanol–water partition coefficient (Wildman–Crippen LogP) is 2.03. The molecule has 1 heterocycles. The highest BCUT2D eigenvalue weighted by molar-refractivity contribution is 5.76. The van der Waals surface area contributed by atoms with Gasteiger partial charge >= 0.3 is 5.97 Å². The van der Waals surface area contributed by atoms with Crippen LogP contribution in [0.2, 0.25) is 0 Å². The highest BCUT2D eigenvalue weighted by atomic mass is 16.5. The van der Waals surface area contributed by atoms with Gasteiger partial charge in [-0.05, 0) is 24.8 Å². The topological polar surface area (TPSA) is 46.5 Å². The summed E-state index contributed by atoms with van der Waals surface area (Å²) in [6.07, 6.45) is 1.59. The van der Waals surface area contributed by atoms with E-state index in [9.17, 15) is 4.79 Å². The minimum absolute atomic E-state index is 0.0682. The Kier molecular flexibility index (Phi) is 1.75. The summed E-state index contributed by atoms with van der Waals surface area (Å²) in [7, 11) is 0. The van der Waals surface area contributed by atoms with E-state index in [0.29, 0.717) is 5.92 Å². The molecule has 2 atom stereocenters. The smallest absolute Gasteiger partial charge is 0.345 e. The molecule has 3 nitrogen and oxygen atoms in total. The molecule has 1 aliphatic heterocycles. The molecular weight excluding hydrogens is 192 g/mol. The van der Waals surface area contributed by atoms with E-state index in [4.69, 9.17) is 9.84 Å². The summed E-state index contributed by atoms with van der Waals surface area (Å²) in [5.74, 6) is 0.485. The van der Waals surface area contributed by atoms with E-state index >= 15 is 0 Å². The minimum Gasteiger partial charge on any atom is -0.478 e. The summed E-state index contributed by atoms with van der Waals surface area (Å²) in [6, 6.07) is 7.67. The van der Waals surface area contributed by atoms with Gasteiger partial charge in [0.1, 0.15) is 5.75 Å². The molecule has 0 unspecified atom stereocenters. The number of carbonyl (C=O) groups is 1. The van der Waals surface area contributed by atoms with E-state index in [1.165, 1.54) is 0 Å². The maximum absolute atomic E-state index is 11.1. The fraction of sp³-hybridized carbons (Fsp3) is 0.417. The van der Waals surface area contributed by atoms with Crippen LogP contribution in [-0.2, 0) is 4.79 Å². The molecule has 0 bridgehead atoms. The van der Waals surface area contributed by atoms with Crippen molar-refractivity contribution in [1.29, 1.82) is 0 Å². The number of rotatable bonds is 2. The largest absolute Gasteiger partial charge is 0.478 e. The van der Waals surface area contributed by atoms with Gasteiger partial charge in [0.2, 0.25) is 6.10 Å². The standard InChI is InChI=1S/C12H12O3/c13-12(14)11-10(7-5-6-7)8-3-1-2-4-9(8)15-11/h1-4,7,10-11H,5-6H2,(H,13,14)/t10-,11+/m1/s1. The predicted molar refractivity (Wildman–Crippen MR) is 54.0 cm³/mol. The van der Waals surface area contributed by atoms with E-state index < -0.39 is 12.1 Å². The lowest BCUT2D eigenvalue weighted by molar-refractivity contribution is -0.145. The third-order valence-electron chi connectivity index (χ3n) is 3.23. The van der Waals surface area contributed by atoms with Gasteiger partial charge in [-0.3, -0.25) is 0 Å². The lowest BCUT2D eigenvalue weighted by Crippen LogP contribution is -2.29. The summed E-state index contributed by atoms with van der Waals surface area (Å²) in [6.45, 7) is 0. The maximum Gasteiger partial charge on any atom is 0.345 e. The van der Waals surface area contributed by atoms with Gasteiger partial charge in [-0.1, -0.05) is 18.2 Å². The van der Waals surface area contributed by atoms with Crippen molar-refractivity contribution >= 4 is 5.97 Å². The van der Waals surface area contributed by atoms with E-state index in [-0.39, 0.29) is 5.92 Å². The van der Waals surface area contributed by atoms with Crippen LogP contribution in [-0.4, -0.2) is 17.2 Å². The molecule has 1 saturated carbocycles. The number of carboxylic acid groups (broad SMARTS) is 1. The van der Waals surface area contributed by atoms with Crippen LogP contribution in [0.1, 0.15) is 24.3 Å². The van der Waals surface area contributed by atoms with Crippen molar-refractivity contribution in [2.45, 2.75) is 24.9 Å². The molecule has 3 rings (SSSR count). The van der Waals surface area contributed by atoms with Crippen LogP contribution in [0, 0.1) is 5.92 Å². The van der Waals surface area contributed by atoms with Gasteiger partial charge < -0.3 is 9.84 Å². The molecule has 0 aromatic heterocycles. The molecule has 1 aliphatic carbocycles. The Balaban J connectivity index is 2.02. The second-order valence-electron chi connectivity index (χ2n) is 4.28. The third-order valence-corrected chi connectivity index (χ3v) is 3.23. The van der Waals surface area contributed by atoms with Gasteiger partial charge in [0, 0.05) is 11.5 Å². The lowest BCUT2D eigenvalue weighted by Gasteiger charge is -2.13. The molecule has 0 spiro atoms. The third kappa shape index (κ3) is 1.30. The Hall–Kier alpha value is -1.51. The van der Waals surface area contributed by atoms with Crippen molar-refractivity contribution in [2.24, 2.45) is 5.92 Å². The number of carboxylic acids is 1. The van der Waals surface area contributed by atoms with Gasteiger partial charge in [-0.25, -0.2) is 4.79 Å². The fourth-order valence-corrected chi connectivity index (χ4v) is 2.40. The van der Waals surface area contributed by atoms with Gasteiger partial charge in [-0.15, -0.1) is 0 Å². The molecule has 1 N–H and O–H groups in total.